The van der Waals surface area contributed by atoms with Crippen LogP contribution in [0.1, 0.15) is 16.1 Å². The van der Waals surface area contributed by atoms with Crippen LogP contribution in [0.2, 0.25) is 0 Å². The molecule has 104 valence electrons. The van der Waals surface area contributed by atoms with E-state index in [1.807, 2.05) is 31.2 Å². The van der Waals surface area contributed by atoms with Gasteiger partial charge >= 0.3 is 0 Å². The number of halogens is 1. The number of benzene rings is 1. The Morgan fingerprint density at radius 3 is 2.71 bits per heavy atom. The standard InChI is InChI=1S/C16H12BrN3O/c1-10-8-12-11(13(17)9-10)5-7-19-15(12)16(21)20-14-4-2-3-6-18-14/h2-9H,1H3,(H,18,20,21). The molecular weight excluding hydrogens is 330 g/mol. The highest BCUT2D eigenvalue weighted by atomic mass is 79.9. The lowest BCUT2D eigenvalue weighted by Gasteiger charge is -2.08. The highest BCUT2D eigenvalue weighted by molar-refractivity contribution is 9.10. The van der Waals surface area contributed by atoms with E-state index in [9.17, 15) is 4.79 Å². The van der Waals surface area contributed by atoms with Crippen molar-refractivity contribution >= 4 is 38.4 Å². The topological polar surface area (TPSA) is 54.9 Å². The normalized spacial score (nSPS) is 10.6. The summed E-state index contributed by atoms with van der Waals surface area (Å²) in [6.45, 7) is 1.98. The van der Waals surface area contributed by atoms with E-state index in [1.54, 1.807) is 24.5 Å². The maximum atomic E-state index is 12.4. The lowest BCUT2D eigenvalue weighted by Crippen LogP contribution is -2.15. The van der Waals surface area contributed by atoms with E-state index in [0.29, 0.717) is 11.5 Å². The summed E-state index contributed by atoms with van der Waals surface area (Å²) in [7, 11) is 0. The Morgan fingerprint density at radius 2 is 1.95 bits per heavy atom. The number of hydrogen-bond donors (Lipinski definition) is 1. The number of fused-ring (bicyclic) bond motifs is 1. The molecule has 0 radical (unpaired) electrons. The van der Waals surface area contributed by atoms with E-state index in [1.165, 1.54) is 0 Å². The van der Waals surface area contributed by atoms with Gasteiger partial charge in [-0.2, -0.15) is 0 Å². The van der Waals surface area contributed by atoms with Gasteiger partial charge in [-0.25, -0.2) is 4.98 Å². The second-order valence-corrected chi connectivity index (χ2v) is 5.52. The molecular formula is C16H12BrN3O. The number of nitrogens with one attached hydrogen (secondary N) is 1. The van der Waals surface area contributed by atoms with Crippen molar-refractivity contribution in [3.63, 3.8) is 0 Å². The Bertz CT molecular complexity index is 818. The van der Waals surface area contributed by atoms with Crippen molar-refractivity contribution in [2.24, 2.45) is 0 Å². The van der Waals surface area contributed by atoms with Gasteiger partial charge in [0, 0.05) is 22.3 Å². The first-order valence-corrected chi connectivity index (χ1v) is 7.22. The summed E-state index contributed by atoms with van der Waals surface area (Å²) in [6, 6.07) is 11.2. The smallest absolute Gasteiger partial charge is 0.276 e. The average Bonchev–Trinajstić information content (AvgIpc) is 2.47. The maximum Gasteiger partial charge on any atom is 0.276 e. The van der Waals surface area contributed by atoms with Crippen molar-refractivity contribution in [3.05, 3.63) is 64.5 Å². The predicted octanol–water partition coefficient (Wildman–Crippen LogP) is 3.95. The molecule has 0 aliphatic heterocycles. The minimum absolute atomic E-state index is 0.267. The lowest BCUT2D eigenvalue weighted by molar-refractivity contribution is 0.102. The zero-order valence-electron chi connectivity index (χ0n) is 11.3. The van der Waals surface area contributed by atoms with Gasteiger partial charge in [-0.1, -0.05) is 22.0 Å². The van der Waals surface area contributed by atoms with Gasteiger partial charge in [-0.05, 0) is 48.2 Å². The van der Waals surface area contributed by atoms with Crippen LogP contribution in [0.5, 0.6) is 0 Å². The summed E-state index contributed by atoms with van der Waals surface area (Å²) in [5.74, 6) is 0.241. The monoisotopic (exact) mass is 341 g/mol. The lowest BCUT2D eigenvalue weighted by atomic mass is 10.1. The number of nitrogens with zero attached hydrogens (tertiary/aromatic N) is 2. The molecule has 0 atom stereocenters. The fourth-order valence-corrected chi connectivity index (χ4v) is 2.87. The third kappa shape index (κ3) is 2.78. The zero-order chi connectivity index (χ0) is 14.8. The van der Waals surface area contributed by atoms with Gasteiger partial charge in [0.15, 0.2) is 0 Å². The average molecular weight is 342 g/mol. The van der Waals surface area contributed by atoms with Gasteiger partial charge in [0.1, 0.15) is 11.5 Å². The zero-order valence-corrected chi connectivity index (χ0v) is 12.9. The number of anilines is 1. The van der Waals surface area contributed by atoms with E-state index >= 15 is 0 Å². The molecule has 0 bridgehead atoms. The van der Waals surface area contributed by atoms with Crippen molar-refractivity contribution in [2.45, 2.75) is 6.92 Å². The number of hydrogen-bond acceptors (Lipinski definition) is 3. The fraction of sp³-hybridized carbons (Fsp3) is 0.0625. The predicted molar refractivity (Wildman–Crippen MR) is 86.4 cm³/mol. The van der Waals surface area contributed by atoms with Gasteiger partial charge in [-0.3, -0.25) is 9.78 Å². The second kappa shape index (κ2) is 5.61. The van der Waals surface area contributed by atoms with Crippen molar-refractivity contribution in [2.75, 3.05) is 5.32 Å². The molecule has 0 spiro atoms. The Hall–Kier alpha value is -2.27. The van der Waals surface area contributed by atoms with Gasteiger partial charge in [0.05, 0.1) is 0 Å². The van der Waals surface area contributed by atoms with Gasteiger partial charge in [0.25, 0.3) is 5.91 Å². The van der Waals surface area contributed by atoms with E-state index in [0.717, 1.165) is 20.8 Å². The van der Waals surface area contributed by atoms with Gasteiger partial charge < -0.3 is 5.32 Å². The van der Waals surface area contributed by atoms with E-state index in [2.05, 4.69) is 31.2 Å². The van der Waals surface area contributed by atoms with E-state index in [4.69, 9.17) is 0 Å². The van der Waals surface area contributed by atoms with Crippen LogP contribution < -0.4 is 5.32 Å². The fourth-order valence-electron chi connectivity index (χ4n) is 2.17. The summed E-state index contributed by atoms with van der Waals surface area (Å²) in [5, 5.41) is 4.54. The van der Waals surface area contributed by atoms with Crippen molar-refractivity contribution in [3.8, 4) is 0 Å². The third-order valence-corrected chi connectivity index (χ3v) is 3.75. The molecule has 1 N–H and O–H groups in total. The van der Waals surface area contributed by atoms with Crippen LogP contribution in [-0.4, -0.2) is 15.9 Å². The molecule has 0 saturated carbocycles. The van der Waals surface area contributed by atoms with Crippen LogP contribution in [0.25, 0.3) is 10.8 Å². The van der Waals surface area contributed by atoms with Crippen LogP contribution in [0.15, 0.2) is 53.3 Å². The number of amides is 1. The molecule has 3 rings (SSSR count). The number of aryl methyl sites for hydroxylation is 1. The highest BCUT2D eigenvalue weighted by Crippen LogP contribution is 2.27. The Kier molecular flexibility index (Phi) is 3.66. The number of carbonyl (C=O) groups is 1. The first-order chi connectivity index (χ1) is 10.1. The Labute approximate surface area is 130 Å². The Balaban J connectivity index is 2.06. The number of carbonyl (C=O) groups excluding carboxylic acids is 1. The molecule has 3 aromatic rings. The quantitative estimate of drug-likeness (QED) is 0.767. The SMILES string of the molecule is Cc1cc(Br)c2ccnc(C(=O)Nc3ccccn3)c2c1. The number of pyridine rings is 2. The van der Waals surface area contributed by atoms with Crippen LogP contribution in [-0.2, 0) is 0 Å². The first-order valence-electron chi connectivity index (χ1n) is 6.42. The third-order valence-electron chi connectivity index (χ3n) is 3.10. The van der Waals surface area contributed by atoms with Crippen LogP contribution >= 0.6 is 15.9 Å². The summed E-state index contributed by atoms with van der Waals surface area (Å²) >= 11 is 3.53. The molecule has 0 saturated heterocycles. The van der Waals surface area contributed by atoms with Crippen molar-refractivity contribution in [1.82, 2.24) is 9.97 Å². The number of aromatic nitrogens is 2. The molecule has 4 nitrogen and oxygen atoms in total. The molecule has 21 heavy (non-hydrogen) atoms. The van der Waals surface area contributed by atoms with Crippen LogP contribution in [0.4, 0.5) is 5.82 Å². The minimum Gasteiger partial charge on any atom is -0.305 e. The molecule has 0 aliphatic rings. The molecule has 0 unspecified atom stereocenters. The van der Waals surface area contributed by atoms with Crippen LogP contribution in [0.3, 0.4) is 0 Å². The summed E-state index contributed by atoms with van der Waals surface area (Å²) < 4.78 is 0.951. The molecule has 1 aromatic carbocycles. The highest BCUT2D eigenvalue weighted by Gasteiger charge is 2.14. The van der Waals surface area contributed by atoms with Crippen molar-refractivity contribution in [1.29, 1.82) is 0 Å². The van der Waals surface area contributed by atoms with Gasteiger partial charge in [-0.15, -0.1) is 0 Å². The van der Waals surface area contributed by atoms with E-state index in [-0.39, 0.29) is 5.91 Å². The van der Waals surface area contributed by atoms with E-state index < -0.39 is 0 Å². The van der Waals surface area contributed by atoms with Crippen LogP contribution in [0, 0.1) is 6.92 Å². The van der Waals surface area contributed by atoms with Gasteiger partial charge in [0.2, 0.25) is 0 Å². The molecule has 0 aliphatic carbocycles. The molecule has 2 aromatic heterocycles. The summed E-state index contributed by atoms with van der Waals surface area (Å²) in [6.07, 6.45) is 3.27. The second-order valence-electron chi connectivity index (χ2n) is 4.67. The Morgan fingerprint density at radius 1 is 1.10 bits per heavy atom. The maximum absolute atomic E-state index is 12.4. The molecule has 5 heteroatoms. The summed E-state index contributed by atoms with van der Waals surface area (Å²) in [5.41, 5.74) is 1.46. The summed E-state index contributed by atoms with van der Waals surface area (Å²) in [4.78, 5) is 20.7. The number of rotatable bonds is 2. The molecule has 1 amide bonds. The first kappa shape index (κ1) is 13.7. The molecule has 2 heterocycles. The molecule has 0 fully saturated rings. The van der Waals surface area contributed by atoms with Crippen molar-refractivity contribution < 1.29 is 4.79 Å². The largest absolute Gasteiger partial charge is 0.305 e. The minimum atomic E-state index is -0.267.